The number of piperidine rings is 1. The van der Waals surface area contributed by atoms with Gasteiger partial charge in [0.25, 0.3) is 0 Å². The number of nitrogens with one attached hydrogen (secondary N) is 1. The van der Waals surface area contributed by atoms with Gasteiger partial charge in [-0.15, -0.1) is 0 Å². The van der Waals surface area contributed by atoms with Crippen molar-refractivity contribution in [2.75, 3.05) is 46.5 Å². The fourth-order valence-corrected chi connectivity index (χ4v) is 3.79. The van der Waals surface area contributed by atoms with Crippen molar-refractivity contribution >= 4 is 5.96 Å². The molecule has 0 amide bonds. The quantitative estimate of drug-likeness (QED) is 0.456. The maximum Gasteiger partial charge on any atom is 0.193 e. The van der Waals surface area contributed by atoms with E-state index in [1.807, 2.05) is 19.6 Å². The van der Waals surface area contributed by atoms with Crippen LogP contribution in [0.2, 0.25) is 0 Å². The molecular formula is C19H33N5O2. The number of guanidine groups is 1. The summed E-state index contributed by atoms with van der Waals surface area (Å²) in [7, 11) is 1.86. The van der Waals surface area contributed by atoms with Crippen LogP contribution in [-0.4, -0.2) is 73.0 Å². The molecule has 7 nitrogen and oxygen atoms in total. The molecule has 3 unspecified atom stereocenters. The lowest BCUT2D eigenvalue weighted by Gasteiger charge is -2.39. The van der Waals surface area contributed by atoms with Gasteiger partial charge in [-0.25, -0.2) is 4.98 Å². The average Bonchev–Trinajstić information content (AvgIpc) is 3.36. The molecule has 3 rings (SSSR count). The second-order valence-corrected chi connectivity index (χ2v) is 7.33. The van der Waals surface area contributed by atoms with Gasteiger partial charge < -0.3 is 24.3 Å². The van der Waals surface area contributed by atoms with E-state index >= 15 is 0 Å². The van der Waals surface area contributed by atoms with Crippen molar-refractivity contribution in [1.82, 2.24) is 19.8 Å². The van der Waals surface area contributed by atoms with Crippen molar-refractivity contribution in [2.24, 2.45) is 10.9 Å². The minimum atomic E-state index is 0.311. The molecule has 2 fully saturated rings. The Bertz CT molecular complexity index is 542. The summed E-state index contributed by atoms with van der Waals surface area (Å²) in [4.78, 5) is 11.0. The summed E-state index contributed by atoms with van der Waals surface area (Å²) < 4.78 is 13.5. The van der Waals surface area contributed by atoms with Crippen LogP contribution >= 0.6 is 0 Å². The highest BCUT2D eigenvalue weighted by Crippen LogP contribution is 2.27. The van der Waals surface area contributed by atoms with E-state index in [1.165, 1.54) is 6.42 Å². The zero-order chi connectivity index (χ0) is 18.2. The van der Waals surface area contributed by atoms with Crippen molar-refractivity contribution in [3.63, 3.8) is 0 Å². The molecule has 1 aromatic heterocycles. The SMILES string of the molecule is CN=C(NCCCOCC1CCCO1)N1CCC(C)C(n2ccnc2)C1. The zero-order valence-electron chi connectivity index (χ0n) is 16.1. The summed E-state index contributed by atoms with van der Waals surface area (Å²) in [5, 5.41) is 3.49. The Hall–Kier alpha value is -1.60. The summed E-state index contributed by atoms with van der Waals surface area (Å²) in [6.45, 7) is 7.59. The Labute approximate surface area is 156 Å². The maximum absolute atomic E-state index is 5.73. The molecular weight excluding hydrogens is 330 g/mol. The molecule has 3 heterocycles. The maximum atomic E-state index is 5.73. The van der Waals surface area contributed by atoms with E-state index < -0.39 is 0 Å². The van der Waals surface area contributed by atoms with Gasteiger partial charge in [-0.05, 0) is 31.6 Å². The van der Waals surface area contributed by atoms with E-state index in [-0.39, 0.29) is 0 Å². The van der Waals surface area contributed by atoms with Gasteiger partial charge in [-0.3, -0.25) is 4.99 Å². The number of aromatic nitrogens is 2. The molecule has 0 spiro atoms. The van der Waals surface area contributed by atoms with Gasteiger partial charge in [-0.2, -0.15) is 0 Å². The average molecular weight is 364 g/mol. The van der Waals surface area contributed by atoms with Crippen molar-refractivity contribution < 1.29 is 9.47 Å². The third-order valence-corrected chi connectivity index (χ3v) is 5.41. The standard InChI is InChI=1S/C19H33N5O2/c1-16-6-9-23(13-18(16)24-10-8-21-15-24)19(20-2)22-7-4-11-25-14-17-5-3-12-26-17/h8,10,15-18H,3-7,9,11-14H2,1-2H3,(H,20,22). The Kier molecular flexibility index (Phi) is 7.32. The molecule has 0 bridgehead atoms. The van der Waals surface area contributed by atoms with Gasteiger partial charge in [0.15, 0.2) is 5.96 Å². The van der Waals surface area contributed by atoms with Crippen LogP contribution < -0.4 is 5.32 Å². The lowest BCUT2D eigenvalue weighted by molar-refractivity contribution is 0.0168. The van der Waals surface area contributed by atoms with Crippen LogP contribution in [0.4, 0.5) is 0 Å². The second-order valence-electron chi connectivity index (χ2n) is 7.33. The molecule has 0 radical (unpaired) electrons. The monoisotopic (exact) mass is 363 g/mol. The molecule has 7 heteroatoms. The van der Waals surface area contributed by atoms with Crippen LogP contribution in [0.5, 0.6) is 0 Å². The van der Waals surface area contributed by atoms with Crippen LogP contribution in [0.25, 0.3) is 0 Å². The Morgan fingerprint density at radius 2 is 2.35 bits per heavy atom. The minimum absolute atomic E-state index is 0.311. The third kappa shape index (κ3) is 5.20. The fourth-order valence-electron chi connectivity index (χ4n) is 3.79. The molecule has 0 aromatic carbocycles. The lowest BCUT2D eigenvalue weighted by atomic mass is 9.93. The van der Waals surface area contributed by atoms with E-state index in [2.05, 4.69) is 37.9 Å². The number of rotatable bonds is 7. The Morgan fingerprint density at radius 1 is 1.42 bits per heavy atom. The first-order valence-electron chi connectivity index (χ1n) is 9.90. The van der Waals surface area contributed by atoms with Gasteiger partial charge in [0, 0.05) is 52.3 Å². The highest BCUT2D eigenvalue weighted by atomic mass is 16.5. The van der Waals surface area contributed by atoms with Crippen molar-refractivity contribution in [1.29, 1.82) is 0 Å². The Morgan fingerprint density at radius 3 is 3.08 bits per heavy atom. The zero-order valence-corrected chi connectivity index (χ0v) is 16.1. The van der Waals surface area contributed by atoms with Gasteiger partial charge in [0.05, 0.1) is 25.1 Å². The van der Waals surface area contributed by atoms with Gasteiger partial charge in [-0.1, -0.05) is 6.92 Å². The van der Waals surface area contributed by atoms with Crippen LogP contribution in [-0.2, 0) is 9.47 Å². The van der Waals surface area contributed by atoms with E-state index in [1.54, 1.807) is 0 Å². The molecule has 2 aliphatic rings. The molecule has 0 saturated carbocycles. The smallest absolute Gasteiger partial charge is 0.193 e. The van der Waals surface area contributed by atoms with Crippen molar-refractivity contribution in [3.8, 4) is 0 Å². The van der Waals surface area contributed by atoms with E-state index in [9.17, 15) is 0 Å². The molecule has 146 valence electrons. The molecule has 1 aromatic rings. The molecule has 26 heavy (non-hydrogen) atoms. The number of hydrogen-bond donors (Lipinski definition) is 1. The highest BCUT2D eigenvalue weighted by Gasteiger charge is 2.28. The highest BCUT2D eigenvalue weighted by molar-refractivity contribution is 5.80. The van der Waals surface area contributed by atoms with Gasteiger partial charge in [0.2, 0.25) is 0 Å². The van der Waals surface area contributed by atoms with Crippen molar-refractivity contribution in [3.05, 3.63) is 18.7 Å². The number of likely N-dealkylation sites (tertiary alicyclic amines) is 1. The van der Waals surface area contributed by atoms with Gasteiger partial charge >= 0.3 is 0 Å². The number of hydrogen-bond acceptors (Lipinski definition) is 4. The van der Waals surface area contributed by atoms with Gasteiger partial charge in [0.1, 0.15) is 0 Å². The van der Waals surface area contributed by atoms with E-state index in [0.717, 1.165) is 64.7 Å². The second kappa shape index (κ2) is 9.92. The molecule has 3 atom stereocenters. The predicted octanol–water partition coefficient (Wildman–Crippen LogP) is 1.93. The minimum Gasteiger partial charge on any atom is -0.379 e. The first-order chi connectivity index (χ1) is 12.8. The summed E-state index contributed by atoms with van der Waals surface area (Å²) in [5.41, 5.74) is 0. The summed E-state index contributed by atoms with van der Waals surface area (Å²) in [5.74, 6) is 1.63. The number of nitrogens with zero attached hydrogens (tertiary/aromatic N) is 4. The number of ether oxygens (including phenoxy) is 2. The first kappa shape index (κ1) is 19.2. The number of imidazole rings is 1. The van der Waals surface area contributed by atoms with Crippen LogP contribution in [0.15, 0.2) is 23.7 Å². The van der Waals surface area contributed by atoms with E-state index in [0.29, 0.717) is 18.1 Å². The fraction of sp³-hybridized carbons (Fsp3) is 0.789. The molecule has 1 N–H and O–H groups in total. The van der Waals surface area contributed by atoms with Crippen LogP contribution in [0.3, 0.4) is 0 Å². The van der Waals surface area contributed by atoms with Crippen LogP contribution in [0.1, 0.15) is 38.6 Å². The first-order valence-corrected chi connectivity index (χ1v) is 9.90. The third-order valence-electron chi connectivity index (χ3n) is 5.41. The largest absolute Gasteiger partial charge is 0.379 e. The summed E-state index contributed by atoms with van der Waals surface area (Å²) in [6.07, 6.45) is 10.6. The Balaban J connectivity index is 1.38. The van der Waals surface area contributed by atoms with Crippen molar-refractivity contribution in [2.45, 2.75) is 44.8 Å². The normalized spacial score (nSPS) is 27.1. The topological polar surface area (TPSA) is 63.9 Å². The van der Waals surface area contributed by atoms with E-state index in [4.69, 9.17) is 9.47 Å². The molecule has 2 saturated heterocycles. The lowest BCUT2D eigenvalue weighted by Crippen LogP contribution is -2.49. The number of aliphatic imine (C=N–C) groups is 1. The predicted molar refractivity (Wildman–Crippen MR) is 102 cm³/mol. The molecule has 0 aliphatic carbocycles. The summed E-state index contributed by atoms with van der Waals surface area (Å²) >= 11 is 0. The summed E-state index contributed by atoms with van der Waals surface area (Å²) in [6, 6.07) is 0.444. The molecule has 2 aliphatic heterocycles. The van der Waals surface area contributed by atoms with Crippen LogP contribution in [0, 0.1) is 5.92 Å².